The van der Waals surface area contributed by atoms with E-state index in [1.807, 2.05) is 18.2 Å². The molecular formula is C17H24N4O. The fourth-order valence-electron chi connectivity index (χ4n) is 3.19. The van der Waals surface area contributed by atoms with Crippen LogP contribution in [0.25, 0.3) is 11.0 Å². The van der Waals surface area contributed by atoms with Crippen molar-refractivity contribution in [1.29, 1.82) is 0 Å². The SMILES string of the molecule is CN1CCCC[C@@H]1CCC(=O)NCc1ccc2nc[nH]c2c1. The van der Waals surface area contributed by atoms with Gasteiger partial charge in [0.05, 0.1) is 17.4 Å². The number of imidazole rings is 1. The lowest BCUT2D eigenvalue weighted by atomic mass is 9.98. The standard InChI is InChI=1S/C17H24N4O/c1-21-9-3-2-4-14(21)6-8-17(22)18-11-13-5-7-15-16(10-13)20-12-19-15/h5,7,10,12,14H,2-4,6,8-9,11H2,1H3,(H,18,22)(H,19,20)/t14-/m1/s1. The second-order valence-electron chi connectivity index (χ2n) is 6.20. The average molecular weight is 300 g/mol. The number of carbonyl (C=O) groups is 1. The molecule has 1 atom stereocenters. The van der Waals surface area contributed by atoms with Gasteiger partial charge in [0, 0.05) is 19.0 Å². The number of carbonyl (C=O) groups excluding carboxylic acids is 1. The van der Waals surface area contributed by atoms with Crippen LogP contribution in [0, 0.1) is 0 Å². The van der Waals surface area contributed by atoms with Crippen molar-refractivity contribution in [1.82, 2.24) is 20.2 Å². The van der Waals surface area contributed by atoms with Gasteiger partial charge in [-0.05, 0) is 50.6 Å². The molecule has 2 aromatic rings. The fourth-order valence-corrected chi connectivity index (χ4v) is 3.19. The third-order valence-electron chi connectivity index (χ3n) is 4.60. The number of hydrogen-bond acceptors (Lipinski definition) is 3. The highest BCUT2D eigenvalue weighted by Gasteiger charge is 2.19. The first-order valence-corrected chi connectivity index (χ1v) is 8.11. The lowest BCUT2D eigenvalue weighted by Gasteiger charge is -2.32. The van der Waals surface area contributed by atoms with Gasteiger partial charge < -0.3 is 15.2 Å². The quantitative estimate of drug-likeness (QED) is 0.891. The first-order chi connectivity index (χ1) is 10.7. The highest BCUT2D eigenvalue weighted by molar-refractivity contribution is 5.77. The number of likely N-dealkylation sites (tertiary alicyclic amines) is 1. The van der Waals surface area contributed by atoms with Gasteiger partial charge in [-0.1, -0.05) is 12.5 Å². The molecule has 0 aliphatic carbocycles. The first-order valence-electron chi connectivity index (χ1n) is 8.11. The molecule has 1 amide bonds. The van der Waals surface area contributed by atoms with E-state index in [1.165, 1.54) is 19.3 Å². The largest absolute Gasteiger partial charge is 0.352 e. The topological polar surface area (TPSA) is 61.0 Å². The first kappa shape index (κ1) is 15.0. The van der Waals surface area contributed by atoms with Gasteiger partial charge in [-0.3, -0.25) is 4.79 Å². The van der Waals surface area contributed by atoms with E-state index in [4.69, 9.17) is 0 Å². The molecule has 2 heterocycles. The maximum absolute atomic E-state index is 12.0. The summed E-state index contributed by atoms with van der Waals surface area (Å²) in [6, 6.07) is 6.60. The van der Waals surface area contributed by atoms with Crippen LogP contribution in [-0.2, 0) is 11.3 Å². The average Bonchev–Trinajstić information content (AvgIpc) is 2.99. The van der Waals surface area contributed by atoms with Gasteiger partial charge in [-0.2, -0.15) is 0 Å². The van der Waals surface area contributed by atoms with E-state index in [9.17, 15) is 4.79 Å². The predicted molar refractivity (Wildman–Crippen MR) is 87.4 cm³/mol. The number of aromatic nitrogens is 2. The van der Waals surface area contributed by atoms with Crippen molar-refractivity contribution in [2.24, 2.45) is 0 Å². The molecule has 1 aromatic carbocycles. The van der Waals surface area contributed by atoms with E-state index in [0.29, 0.717) is 19.0 Å². The van der Waals surface area contributed by atoms with Gasteiger partial charge in [0.2, 0.25) is 5.91 Å². The number of aromatic amines is 1. The minimum absolute atomic E-state index is 0.142. The molecule has 0 radical (unpaired) electrons. The van der Waals surface area contributed by atoms with Crippen LogP contribution in [0.1, 0.15) is 37.7 Å². The van der Waals surface area contributed by atoms with Crippen molar-refractivity contribution in [3.8, 4) is 0 Å². The number of nitrogens with one attached hydrogen (secondary N) is 2. The third-order valence-corrected chi connectivity index (χ3v) is 4.60. The summed E-state index contributed by atoms with van der Waals surface area (Å²) in [7, 11) is 2.17. The molecule has 0 saturated carbocycles. The summed E-state index contributed by atoms with van der Waals surface area (Å²) in [6.45, 7) is 1.74. The zero-order valence-corrected chi connectivity index (χ0v) is 13.1. The maximum Gasteiger partial charge on any atom is 0.220 e. The smallest absolute Gasteiger partial charge is 0.220 e. The van der Waals surface area contributed by atoms with E-state index in [1.54, 1.807) is 6.33 Å². The molecule has 0 spiro atoms. The number of amides is 1. The van der Waals surface area contributed by atoms with Crippen LogP contribution in [0.5, 0.6) is 0 Å². The molecule has 1 aliphatic heterocycles. The minimum atomic E-state index is 0.142. The summed E-state index contributed by atoms with van der Waals surface area (Å²) < 4.78 is 0. The molecule has 0 bridgehead atoms. The second kappa shape index (κ2) is 6.92. The molecule has 1 saturated heterocycles. The number of rotatable bonds is 5. The van der Waals surface area contributed by atoms with Crippen LogP contribution in [0.3, 0.4) is 0 Å². The highest BCUT2D eigenvalue weighted by Crippen LogP contribution is 2.19. The van der Waals surface area contributed by atoms with Crippen LogP contribution in [-0.4, -0.2) is 40.4 Å². The Balaban J connectivity index is 1.45. The molecule has 0 unspecified atom stereocenters. The zero-order valence-electron chi connectivity index (χ0n) is 13.1. The number of H-pyrrole nitrogens is 1. The van der Waals surface area contributed by atoms with E-state index < -0.39 is 0 Å². The molecule has 118 valence electrons. The summed E-state index contributed by atoms with van der Waals surface area (Å²) in [5.41, 5.74) is 3.06. The number of hydrogen-bond donors (Lipinski definition) is 2. The summed E-state index contributed by atoms with van der Waals surface area (Å²) in [6.07, 6.45) is 7.06. The Labute approximate surface area is 131 Å². The zero-order chi connectivity index (χ0) is 15.4. The minimum Gasteiger partial charge on any atom is -0.352 e. The van der Waals surface area contributed by atoms with Crippen molar-refractivity contribution >= 4 is 16.9 Å². The van der Waals surface area contributed by atoms with E-state index in [0.717, 1.165) is 29.6 Å². The van der Waals surface area contributed by atoms with E-state index in [-0.39, 0.29) is 5.91 Å². The van der Waals surface area contributed by atoms with Gasteiger partial charge >= 0.3 is 0 Å². The Kier molecular flexibility index (Phi) is 4.73. The monoisotopic (exact) mass is 300 g/mol. The number of fused-ring (bicyclic) bond motifs is 1. The summed E-state index contributed by atoms with van der Waals surface area (Å²) in [5.74, 6) is 0.142. The number of piperidine rings is 1. The van der Waals surface area contributed by atoms with Gasteiger partial charge in [-0.25, -0.2) is 4.98 Å². The lowest BCUT2D eigenvalue weighted by Crippen LogP contribution is -2.37. The lowest BCUT2D eigenvalue weighted by molar-refractivity contribution is -0.121. The van der Waals surface area contributed by atoms with Gasteiger partial charge in [0.25, 0.3) is 0 Å². The van der Waals surface area contributed by atoms with Crippen LogP contribution in [0.15, 0.2) is 24.5 Å². The van der Waals surface area contributed by atoms with Crippen molar-refractivity contribution < 1.29 is 4.79 Å². The van der Waals surface area contributed by atoms with E-state index in [2.05, 4.69) is 27.2 Å². The predicted octanol–water partition coefficient (Wildman–Crippen LogP) is 2.44. The van der Waals surface area contributed by atoms with Crippen LogP contribution in [0.4, 0.5) is 0 Å². The van der Waals surface area contributed by atoms with Crippen molar-refractivity contribution in [2.75, 3.05) is 13.6 Å². The van der Waals surface area contributed by atoms with Gasteiger partial charge in [0.1, 0.15) is 0 Å². The van der Waals surface area contributed by atoms with Gasteiger partial charge in [0.15, 0.2) is 0 Å². The van der Waals surface area contributed by atoms with Crippen molar-refractivity contribution in [3.05, 3.63) is 30.1 Å². The fraction of sp³-hybridized carbons (Fsp3) is 0.529. The van der Waals surface area contributed by atoms with Crippen molar-refractivity contribution in [3.63, 3.8) is 0 Å². The summed E-state index contributed by atoms with van der Waals surface area (Å²) in [4.78, 5) is 21.7. The summed E-state index contributed by atoms with van der Waals surface area (Å²) in [5, 5.41) is 3.02. The second-order valence-corrected chi connectivity index (χ2v) is 6.20. The normalized spacial score (nSPS) is 19.4. The molecule has 5 heteroatoms. The Morgan fingerprint density at radius 2 is 2.36 bits per heavy atom. The van der Waals surface area contributed by atoms with Crippen LogP contribution < -0.4 is 5.32 Å². The van der Waals surface area contributed by atoms with Gasteiger partial charge in [-0.15, -0.1) is 0 Å². The Morgan fingerprint density at radius 3 is 3.23 bits per heavy atom. The molecule has 3 rings (SSSR count). The molecule has 22 heavy (non-hydrogen) atoms. The third kappa shape index (κ3) is 3.65. The summed E-state index contributed by atoms with van der Waals surface area (Å²) >= 11 is 0. The Hall–Kier alpha value is -1.88. The number of nitrogens with zero attached hydrogens (tertiary/aromatic N) is 2. The molecule has 1 fully saturated rings. The van der Waals surface area contributed by atoms with Crippen molar-refractivity contribution in [2.45, 2.75) is 44.7 Å². The maximum atomic E-state index is 12.0. The molecule has 5 nitrogen and oxygen atoms in total. The highest BCUT2D eigenvalue weighted by atomic mass is 16.1. The number of benzene rings is 1. The molecule has 1 aromatic heterocycles. The van der Waals surface area contributed by atoms with E-state index >= 15 is 0 Å². The van der Waals surface area contributed by atoms with Crippen LogP contribution in [0.2, 0.25) is 0 Å². The Morgan fingerprint density at radius 1 is 1.45 bits per heavy atom. The molecule has 1 aliphatic rings. The molecular weight excluding hydrogens is 276 g/mol. The molecule has 2 N–H and O–H groups in total. The van der Waals surface area contributed by atoms with Crippen LogP contribution >= 0.6 is 0 Å². The Bertz CT molecular complexity index is 636.